The lowest BCUT2D eigenvalue weighted by atomic mass is 10.0. The standard InChI is InChI=1S/C24H20N2O3S/c1-16-4-7-18(8-5-16)19-14-30-23(22(19)26-10-2-3-11-26)24(27)25-13-17-6-9-20-21(12-17)29-15-28-20/h2-12,14H,13,15H2,1H3,(H,25,27). The average Bonchev–Trinajstić information content (AvgIpc) is 3.52. The third-order valence-corrected chi connectivity index (χ3v) is 6.05. The molecule has 5 nitrogen and oxygen atoms in total. The van der Waals surface area contributed by atoms with Crippen LogP contribution in [0.1, 0.15) is 20.8 Å². The van der Waals surface area contributed by atoms with Gasteiger partial charge in [0.15, 0.2) is 11.5 Å². The Morgan fingerprint density at radius 3 is 2.63 bits per heavy atom. The van der Waals surface area contributed by atoms with Crippen molar-refractivity contribution in [2.45, 2.75) is 13.5 Å². The zero-order valence-corrected chi connectivity index (χ0v) is 17.2. The Hall–Kier alpha value is -3.51. The summed E-state index contributed by atoms with van der Waals surface area (Å²) in [6.07, 6.45) is 3.93. The van der Waals surface area contributed by atoms with Gasteiger partial charge in [-0.2, -0.15) is 0 Å². The van der Waals surface area contributed by atoms with Gasteiger partial charge in [0.25, 0.3) is 5.91 Å². The molecule has 4 aromatic rings. The van der Waals surface area contributed by atoms with E-state index in [0.29, 0.717) is 17.2 Å². The maximum atomic E-state index is 13.1. The fourth-order valence-electron chi connectivity index (χ4n) is 3.50. The van der Waals surface area contributed by atoms with E-state index in [1.807, 2.05) is 47.3 Å². The van der Waals surface area contributed by atoms with E-state index < -0.39 is 0 Å². The van der Waals surface area contributed by atoms with Gasteiger partial charge >= 0.3 is 0 Å². The average molecular weight is 417 g/mol. The van der Waals surface area contributed by atoms with Crippen molar-refractivity contribution in [3.8, 4) is 28.3 Å². The van der Waals surface area contributed by atoms with Crippen molar-refractivity contribution in [2.75, 3.05) is 6.79 Å². The van der Waals surface area contributed by atoms with Gasteiger partial charge < -0.3 is 19.4 Å². The highest BCUT2D eigenvalue weighted by molar-refractivity contribution is 7.13. The lowest BCUT2D eigenvalue weighted by Gasteiger charge is -2.11. The Morgan fingerprint density at radius 2 is 1.83 bits per heavy atom. The quantitative estimate of drug-likeness (QED) is 0.488. The van der Waals surface area contributed by atoms with E-state index in [9.17, 15) is 4.79 Å². The van der Waals surface area contributed by atoms with Gasteiger partial charge in [0, 0.05) is 29.9 Å². The van der Waals surface area contributed by atoms with Gasteiger partial charge in [-0.15, -0.1) is 11.3 Å². The Kier molecular flexibility index (Phi) is 4.77. The zero-order valence-electron chi connectivity index (χ0n) is 16.4. The first-order chi connectivity index (χ1) is 14.7. The number of ether oxygens (including phenoxy) is 2. The summed E-state index contributed by atoms with van der Waals surface area (Å²) in [6.45, 7) is 2.72. The van der Waals surface area contributed by atoms with Crippen LogP contribution in [0.4, 0.5) is 0 Å². The number of carbonyl (C=O) groups excluding carboxylic acids is 1. The van der Waals surface area contributed by atoms with Crippen LogP contribution in [0.25, 0.3) is 16.8 Å². The monoisotopic (exact) mass is 416 g/mol. The van der Waals surface area contributed by atoms with Crippen LogP contribution >= 0.6 is 11.3 Å². The van der Waals surface area contributed by atoms with Crippen LogP contribution in [-0.4, -0.2) is 17.3 Å². The van der Waals surface area contributed by atoms with Crippen molar-refractivity contribution >= 4 is 17.2 Å². The van der Waals surface area contributed by atoms with Crippen LogP contribution in [0.3, 0.4) is 0 Å². The molecular weight excluding hydrogens is 396 g/mol. The second kappa shape index (κ2) is 7.72. The molecule has 150 valence electrons. The molecule has 30 heavy (non-hydrogen) atoms. The van der Waals surface area contributed by atoms with Gasteiger partial charge in [0.05, 0.1) is 5.69 Å². The number of nitrogens with zero attached hydrogens (tertiary/aromatic N) is 1. The van der Waals surface area contributed by atoms with Gasteiger partial charge in [-0.25, -0.2) is 0 Å². The molecule has 0 unspecified atom stereocenters. The van der Waals surface area contributed by atoms with Gasteiger partial charge in [0.1, 0.15) is 4.88 Å². The summed E-state index contributed by atoms with van der Waals surface area (Å²) in [6, 6.07) is 18.0. The first kappa shape index (κ1) is 18.5. The molecule has 0 atom stereocenters. The first-order valence-corrected chi connectivity index (χ1v) is 10.6. The third kappa shape index (κ3) is 3.46. The maximum absolute atomic E-state index is 13.1. The molecular formula is C24H20N2O3S. The molecule has 2 aromatic carbocycles. The molecule has 1 aliphatic rings. The van der Waals surface area contributed by atoms with Crippen LogP contribution in [-0.2, 0) is 6.54 Å². The molecule has 1 aliphatic heterocycles. The van der Waals surface area contributed by atoms with Crippen LogP contribution in [0.15, 0.2) is 72.4 Å². The lowest BCUT2D eigenvalue weighted by molar-refractivity contribution is 0.0955. The highest BCUT2D eigenvalue weighted by Gasteiger charge is 2.21. The molecule has 6 heteroatoms. The van der Waals surface area contributed by atoms with Gasteiger partial charge in [-0.05, 0) is 42.3 Å². The molecule has 0 spiro atoms. The summed E-state index contributed by atoms with van der Waals surface area (Å²) >= 11 is 1.46. The van der Waals surface area contributed by atoms with E-state index in [2.05, 4.69) is 41.9 Å². The van der Waals surface area contributed by atoms with Crippen LogP contribution in [0.2, 0.25) is 0 Å². The first-order valence-electron chi connectivity index (χ1n) is 9.67. The number of aryl methyl sites for hydroxylation is 1. The number of nitrogens with one attached hydrogen (secondary N) is 1. The lowest BCUT2D eigenvalue weighted by Crippen LogP contribution is -2.23. The van der Waals surface area contributed by atoms with E-state index in [-0.39, 0.29) is 12.7 Å². The molecule has 0 bridgehead atoms. The Labute approximate surface area is 178 Å². The second-order valence-corrected chi connectivity index (χ2v) is 8.03. The van der Waals surface area contributed by atoms with E-state index >= 15 is 0 Å². The van der Waals surface area contributed by atoms with E-state index in [0.717, 1.165) is 28.1 Å². The molecule has 2 aromatic heterocycles. The molecule has 0 saturated carbocycles. The SMILES string of the molecule is Cc1ccc(-c2csc(C(=O)NCc3ccc4c(c3)OCO4)c2-n2cccc2)cc1. The molecule has 3 heterocycles. The van der Waals surface area contributed by atoms with Crippen LogP contribution in [0.5, 0.6) is 11.5 Å². The summed E-state index contributed by atoms with van der Waals surface area (Å²) in [5, 5.41) is 5.10. The van der Waals surface area contributed by atoms with Gasteiger partial charge in [-0.1, -0.05) is 35.9 Å². The fourth-order valence-corrected chi connectivity index (χ4v) is 4.49. The second-order valence-electron chi connectivity index (χ2n) is 7.15. The highest BCUT2D eigenvalue weighted by atomic mass is 32.1. The maximum Gasteiger partial charge on any atom is 0.263 e. The smallest absolute Gasteiger partial charge is 0.263 e. The number of hydrogen-bond donors (Lipinski definition) is 1. The van der Waals surface area contributed by atoms with Crippen molar-refractivity contribution in [1.29, 1.82) is 0 Å². The minimum atomic E-state index is -0.0975. The molecule has 1 amide bonds. The minimum Gasteiger partial charge on any atom is -0.454 e. The number of thiophene rings is 1. The minimum absolute atomic E-state index is 0.0975. The number of fused-ring (bicyclic) bond motifs is 1. The van der Waals surface area contributed by atoms with Crippen molar-refractivity contribution in [2.24, 2.45) is 0 Å². The normalized spacial score (nSPS) is 12.2. The van der Waals surface area contributed by atoms with Crippen molar-refractivity contribution in [3.63, 3.8) is 0 Å². The zero-order chi connectivity index (χ0) is 20.5. The fraction of sp³-hybridized carbons (Fsp3) is 0.125. The third-order valence-electron chi connectivity index (χ3n) is 5.09. The molecule has 5 rings (SSSR count). The summed E-state index contributed by atoms with van der Waals surface area (Å²) in [7, 11) is 0. The topological polar surface area (TPSA) is 52.5 Å². The molecule has 1 N–H and O–H groups in total. The number of aromatic nitrogens is 1. The van der Waals surface area contributed by atoms with Gasteiger partial charge in [0.2, 0.25) is 6.79 Å². The molecule has 0 radical (unpaired) electrons. The van der Waals surface area contributed by atoms with E-state index in [4.69, 9.17) is 9.47 Å². The highest BCUT2D eigenvalue weighted by Crippen LogP contribution is 2.35. The molecule has 0 saturated heterocycles. The van der Waals surface area contributed by atoms with Crippen LogP contribution in [0, 0.1) is 6.92 Å². The Morgan fingerprint density at radius 1 is 1.07 bits per heavy atom. The van der Waals surface area contributed by atoms with Crippen molar-refractivity contribution in [3.05, 3.63) is 88.4 Å². The number of amides is 1. The largest absolute Gasteiger partial charge is 0.454 e. The summed E-state index contributed by atoms with van der Waals surface area (Å²) in [5.74, 6) is 1.35. The van der Waals surface area contributed by atoms with Gasteiger partial charge in [-0.3, -0.25) is 4.79 Å². The van der Waals surface area contributed by atoms with Crippen LogP contribution < -0.4 is 14.8 Å². The Bertz CT molecular complexity index is 1190. The van der Waals surface area contributed by atoms with E-state index in [1.54, 1.807) is 0 Å². The van der Waals surface area contributed by atoms with E-state index in [1.165, 1.54) is 16.9 Å². The molecule has 0 aliphatic carbocycles. The number of hydrogen-bond acceptors (Lipinski definition) is 4. The molecule has 0 fully saturated rings. The summed E-state index contributed by atoms with van der Waals surface area (Å²) < 4.78 is 12.8. The summed E-state index contributed by atoms with van der Waals surface area (Å²) in [5.41, 5.74) is 5.21. The Balaban J connectivity index is 1.43. The van der Waals surface area contributed by atoms with Crippen molar-refractivity contribution < 1.29 is 14.3 Å². The van der Waals surface area contributed by atoms with Crippen molar-refractivity contribution in [1.82, 2.24) is 9.88 Å². The predicted octanol–water partition coefficient (Wildman–Crippen LogP) is 5.17. The summed E-state index contributed by atoms with van der Waals surface area (Å²) in [4.78, 5) is 13.8. The number of benzene rings is 2. The number of carbonyl (C=O) groups is 1. The number of rotatable bonds is 5. The predicted molar refractivity (Wildman–Crippen MR) is 118 cm³/mol.